The summed E-state index contributed by atoms with van der Waals surface area (Å²) in [4.78, 5) is 30.5. The van der Waals surface area contributed by atoms with Gasteiger partial charge in [0.1, 0.15) is 30.5 Å². The molecule has 1 aliphatic rings. The average Bonchev–Trinajstić information content (AvgIpc) is 3.25. The number of carbonyl (C=O) groups excluding carboxylic acids is 2. The maximum atomic E-state index is 13.4. The lowest BCUT2D eigenvalue weighted by molar-refractivity contribution is -0.140. The number of amides is 1. The van der Waals surface area contributed by atoms with Crippen molar-refractivity contribution >= 4 is 17.4 Å². The molecule has 1 fully saturated rings. The Bertz CT molecular complexity index is 1390. The van der Waals surface area contributed by atoms with Crippen molar-refractivity contribution in [2.45, 2.75) is 33.4 Å². The number of Topliss-reactive ketones (excluding diaryl/α,β-unsaturated/α-hetero) is 1. The monoisotopic (exact) mass is 554 g/mol. The Hall–Kier alpha value is -4.36. The van der Waals surface area contributed by atoms with E-state index < -0.39 is 17.7 Å². The predicted molar refractivity (Wildman–Crippen MR) is 161 cm³/mol. The molecule has 3 aromatic carbocycles. The first-order valence-electron chi connectivity index (χ1n) is 14.0. The Morgan fingerprint density at radius 1 is 1.00 bits per heavy atom. The van der Waals surface area contributed by atoms with Crippen LogP contribution in [-0.4, -0.2) is 59.4 Å². The molecule has 1 amide bonds. The number of aliphatic hydroxyl groups excluding tert-OH is 1. The molecule has 3 aromatic rings. The number of rotatable bonds is 13. The van der Waals surface area contributed by atoms with Crippen LogP contribution in [0.25, 0.3) is 5.76 Å². The lowest BCUT2D eigenvalue weighted by Crippen LogP contribution is -2.38. The first-order valence-corrected chi connectivity index (χ1v) is 14.0. The maximum absolute atomic E-state index is 13.4. The minimum absolute atomic E-state index is 0.0756. The summed E-state index contributed by atoms with van der Waals surface area (Å²) >= 11 is 0. The van der Waals surface area contributed by atoms with Gasteiger partial charge in [-0.05, 0) is 67.0 Å². The molecule has 0 spiro atoms. The van der Waals surface area contributed by atoms with Crippen LogP contribution in [-0.2, 0) is 16.2 Å². The number of aliphatic hydroxyl groups is 1. The first kappa shape index (κ1) is 29.6. The highest BCUT2D eigenvalue weighted by Crippen LogP contribution is 2.40. The van der Waals surface area contributed by atoms with Crippen LogP contribution < -0.4 is 9.47 Å². The zero-order chi connectivity index (χ0) is 29.4. The van der Waals surface area contributed by atoms with Crippen molar-refractivity contribution in [1.29, 1.82) is 0 Å². The van der Waals surface area contributed by atoms with Gasteiger partial charge in [-0.15, -0.1) is 0 Å². The molecule has 1 heterocycles. The molecule has 1 atom stereocenters. The van der Waals surface area contributed by atoms with Crippen molar-refractivity contribution in [3.63, 3.8) is 0 Å². The Morgan fingerprint density at radius 2 is 1.71 bits per heavy atom. The number of ketones is 1. The van der Waals surface area contributed by atoms with Crippen molar-refractivity contribution in [3.05, 3.63) is 113 Å². The fourth-order valence-electron chi connectivity index (χ4n) is 5.00. The zero-order valence-electron chi connectivity index (χ0n) is 24.0. The van der Waals surface area contributed by atoms with E-state index in [2.05, 4.69) is 25.3 Å². The molecule has 0 aromatic heterocycles. The normalized spacial score (nSPS) is 16.3. The van der Waals surface area contributed by atoms with E-state index in [-0.39, 0.29) is 11.3 Å². The van der Waals surface area contributed by atoms with Crippen LogP contribution in [0.5, 0.6) is 11.5 Å². The van der Waals surface area contributed by atoms with Gasteiger partial charge in [-0.1, -0.05) is 69.0 Å². The van der Waals surface area contributed by atoms with Gasteiger partial charge in [-0.2, -0.15) is 0 Å². The molecule has 0 radical (unpaired) electrons. The second-order valence-corrected chi connectivity index (χ2v) is 9.94. The predicted octanol–water partition coefficient (Wildman–Crippen LogP) is 5.90. The molecule has 7 nitrogen and oxygen atoms in total. The molecule has 0 saturated carbocycles. The standard InChI is InChI=1S/C34H38N2O5/c1-5-21-40-29-18-15-27(22-24(29)4)32(37)30-31(36(34(39)33(30)38)20-19-35(6-2)7-3)26-13-16-28(17-14-26)41-23-25-11-9-8-10-12-25/h5,8-18,22,31,37H,1,6-7,19-21,23H2,2-4H3/b32-30+. The van der Waals surface area contributed by atoms with E-state index in [9.17, 15) is 14.7 Å². The molecule has 214 valence electrons. The van der Waals surface area contributed by atoms with Gasteiger partial charge in [0.15, 0.2) is 0 Å². The molecule has 1 N–H and O–H groups in total. The zero-order valence-corrected chi connectivity index (χ0v) is 24.0. The third kappa shape index (κ3) is 6.87. The molecular weight excluding hydrogens is 516 g/mol. The van der Waals surface area contributed by atoms with E-state index in [0.29, 0.717) is 43.4 Å². The second kappa shape index (κ2) is 13.8. The highest BCUT2D eigenvalue weighted by molar-refractivity contribution is 6.46. The van der Waals surface area contributed by atoms with Gasteiger partial charge in [0.05, 0.1) is 11.6 Å². The molecule has 0 aliphatic carbocycles. The van der Waals surface area contributed by atoms with Crippen LogP contribution in [0, 0.1) is 6.92 Å². The lowest BCUT2D eigenvalue weighted by Gasteiger charge is -2.28. The van der Waals surface area contributed by atoms with Crippen molar-refractivity contribution in [1.82, 2.24) is 9.80 Å². The number of hydrogen-bond acceptors (Lipinski definition) is 6. The van der Waals surface area contributed by atoms with Crippen molar-refractivity contribution in [3.8, 4) is 11.5 Å². The summed E-state index contributed by atoms with van der Waals surface area (Å²) in [6.07, 6.45) is 1.66. The van der Waals surface area contributed by atoms with Gasteiger partial charge < -0.3 is 24.4 Å². The minimum Gasteiger partial charge on any atom is -0.507 e. The number of carbonyl (C=O) groups is 2. The van der Waals surface area contributed by atoms with Gasteiger partial charge in [-0.25, -0.2) is 0 Å². The number of likely N-dealkylation sites (N-methyl/N-ethyl adjacent to an activating group) is 1. The summed E-state index contributed by atoms with van der Waals surface area (Å²) in [6.45, 7) is 13.1. The summed E-state index contributed by atoms with van der Waals surface area (Å²) in [7, 11) is 0. The van der Waals surface area contributed by atoms with Crippen molar-refractivity contribution in [2.75, 3.05) is 32.8 Å². The van der Waals surface area contributed by atoms with Gasteiger partial charge in [0, 0.05) is 18.7 Å². The Labute approximate surface area is 242 Å². The molecule has 1 saturated heterocycles. The van der Waals surface area contributed by atoms with Crippen molar-refractivity contribution in [2.24, 2.45) is 0 Å². The third-order valence-corrected chi connectivity index (χ3v) is 7.34. The molecule has 41 heavy (non-hydrogen) atoms. The van der Waals surface area contributed by atoms with Gasteiger partial charge in [0.25, 0.3) is 11.7 Å². The summed E-state index contributed by atoms with van der Waals surface area (Å²) in [5.41, 5.74) is 3.09. The van der Waals surface area contributed by atoms with Crippen LogP contribution >= 0.6 is 0 Å². The van der Waals surface area contributed by atoms with Gasteiger partial charge in [0.2, 0.25) is 0 Å². The quantitative estimate of drug-likeness (QED) is 0.123. The van der Waals surface area contributed by atoms with E-state index in [1.807, 2.05) is 61.5 Å². The summed E-state index contributed by atoms with van der Waals surface area (Å²) < 4.78 is 11.6. The Morgan fingerprint density at radius 3 is 2.34 bits per heavy atom. The number of hydrogen-bond donors (Lipinski definition) is 1. The van der Waals surface area contributed by atoms with E-state index >= 15 is 0 Å². The Kier molecular flexibility index (Phi) is 9.98. The molecule has 1 aliphatic heterocycles. The van der Waals surface area contributed by atoms with Crippen LogP contribution in [0.3, 0.4) is 0 Å². The molecular formula is C34H38N2O5. The van der Waals surface area contributed by atoms with Gasteiger partial charge >= 0.3 is 0 Å². The molecule has 4 rings (SSSR count). The van der Waals surface area contributed by atoms with Crippen molar-refractivity contribution < 1.29 is 24.2 Å². The fraction of sp³-hybridized carbons (Fsp3) is 0.294. The van der Waals surface area contributed by atoms with E-state index in [1.165, 1.54) is 0 Å². The summed E-state index contributed by atoms with van der Waals surface area (Å²) in [6, 6.07) is 21.7. The van der Waals surface area contributed by atoms with Crippen LogP contribution in [0.4, 0.5) is 0 Å². The van der Waals surface area contributed by atoms with E-state index in [1.54, 1.807) is 29.2 Å². The number of aryl methyl sites for hydroxylation is 1. The number of ether oxygens (including phenoxy) is 2. The summed E-state index contributed by atoms with van der Waals surface area (Å²) in [5.74, 6) is -0.189. The Balaban J connectivity index is 1.69. The second-order valence-electron chi connectivity index (χ2n) is 9.94. The molecule has 1 unspecified atom stereocenters. The average molecular weight is 555 g/mol. The number of benzene rings is 3. The number of nitrogens with zero attached hydrogens (tertiary/aromatic N) is 2. The van der Waals surface area contributed by atoms with Gasteiger partial charge in [-0.3, -0.25) is 9.59 Å². The molecule has 7 heteroatoms. The fourth-order valence-corrected chi connectivity index (χ4v) is 5.00. The highest BCUT2D eigenvalue weighted by atomic mass is 16.5. The first-order chi connectivity index (χ1) is 19.9. The lowest BCUT2D eigenvalue weighted by atomic mass is 9.94. The van der Waals surface area contributed by atoms with E-state index in [0.717, 1.165) is 29.8 Å². The smallest absolute Gasteiger partial charge is 0.295 e. The maximum Gasteiger partial charge on any atom is 0.295 e. The number of likely N-dealkylation sites (tertiary alicyclic amines) is 1. The van der Waals surface area contributed by atoms with Crippen LogP contribution in [0.15, 0.2) is 91.0 Å². The van der Waals surface area contributed by atoms with Crippen LogP contribution in [0.2, 0.25) is 0 Å². The molecule has 0 bridgehead atoms. The topological polar surface area (TPSA) is 79.3 Å². The highest BCUT2D eigenvalue weighted by Gasteiger charge is 2.46. The minimum atomic E-state index is -0.731. The largest absolute Gasteiger partial charge is 0.507 e. The SMILES string of the molecule is C=CCOc1ccc(/C(O)=C2\C(=O)C(=O)N(CCN(CC)CC)C2c2ccc(OCc3ccccc3)cc2)cc1C. The van der Waals surface area contributed by atoms with E-state index in [4.69, 9.17) is 9.47 Å². The van der Waals surface area contributed by atoms with Crippen LogP contribution in [0.1, 0.15) is 42.1 Å². The third-order valence-electron chi connectivity index (χ3n) is 7.34. The summed E-state index contributed by atoms with van der Waals surface area (Å²) in [5, 5.41) is 11.5.